The summed E-state index contributed by atoms with van der Waals surface area (Å²) in [4.78, 5) is 0. The fourth-order valence-corrected chi connectivity index (χ4v) is 2.27. The molecule has 5 heteroatoms. The van der Waals surface area contributed by atoms with E-state index in [0.717, 1.165) is 0 Å². The molecule has 1 aliphatic heterocycles. The molecule has 0 aromatic heterocycles. The van der Waals surface area contributed by atoms with E-state index in [2.05, 4.69) is 0 Å². The van der Waals surface area contributed by atoms with E-state index in [1.54, 1.807) is 0 Å². The van der Waals surface area contributed by atoms with Crippen molar-refractivity contribution in [1.29, 1.82) is 0 Å². The fraction of sp³-hybridized carbons (Fsp3) is 1.00. The molecule has 0 unspecified atom stereocenters. The topological polar surface area (TPSA) is 9.23 Å². The van der Waals surface area contributed by atoms with E-state index in [1.165, 1.54) is 0 Å². The molecule has 1 saturated heterocycles. The first-order valence-electron chi connectivity index (χ1n) is 3.73. The summed E-state index contributed by atoms with van der Waals surface area (Å²) in [5.74, 6) is 1.20. The van der Waals surface area contributed by atoms with Crippen LogP contribution in [0.15, 0.2) is 0 Å². The van der Waals surface area contributed by atoms with Gasteiger partial charge in [-0.25, -0.2) is 0 Å². The summed E-state index contributed by atoms with van der Waals surface area (Å²) in [6, 6.07) is 0. The van der Waals surface area contributed by atoms with Crippen LogP contribution in [0, 0.1) is 11.8 Å². The molecular formula is C7H10Cl4O. The molecule has 0 aromatic rings. The van der Waals surface area contributed by atoms with Gasteiger partial charge in [-0.15, -0.1) is 11.6 Å². The summed E-state index contributed by atoms with van der Waals surface area (Å²) in [5, 5.41) is 0. The van der Waals surface area contributed by atoms with Crippen LogP contribution in [-0.4, -0.2) is 22.9 Å². The van der Waals surface area contributed by atoms with Crippen LogP contribution in [0.1, 0.15) is 6.42 Å². The van der Waals surface area contributed by atoms with Gasteiger partial charge < -0.3 is 4.74 Å². The molecule has 0 aliphatic carbocycles. The molecule has 72 valence electrons. The lowest BCUT2D eigenvalue weighted by Gasteiger charge is -2.19. The van der Waals surface area contributed by atoms with E-state index in [0.29, 0.717) is 31.4 Å². The smallest absolute Gasteiger partial charge is 0.191 e. The molecule has 2 atom stereocenters. The summed E-state index contributed by atoms with van der Waals surface area (Å²) in [6.45, 7) is 1.35. The summed E-state index contributed by atoms with van der Waals surface area (Å²) in [7, 11) is 0. The summed E-state index contributed by atoms with van der Waals surface area (Å²) < 4.78 is 4.07. The lowest BCUT2D eigenvalue weighted by atomic mass is 9.95. The molecule has 0 aromatic carbocycles. The van der Waals surface area contributed by atoms with Crippen molar-refractivity contribution in [2.75, 3.05) is 19.1 Å². The van der Waals surface area contributed by atoms with E-state index in [1.807, 2.05) is 0 Å². The first kappa shape index (κ1) is 11.2. The second-order valence-electron chi connectivity index (χ2n) is 3.03. The molecule has 1 fully saturated rings. The van der Waals surface area contributed by atoms with Crippen LogP contribution in [0.5, 0.6) is 0 Å². The molecular weight excluding hydrogens is 242 g/mol. The lowest BCUT2D eigenvalue weighted by molar-refractivity contribution is 0.181. The van der Waals surface area contributed by atoms with Gasteiger partial charge in [0, 0.05) is 18.4 Å². The normalized spacial score (nSPS) is 31.0. The van der Waals surface area contributed by atoms with Gasteiger partial charge in [0.15, 0.2) is 3.79 Å². The highest BCUT2D eigenvalue weighted by molar-refractivity contribution is 6.67. The molecule has 0 bridgehead atoms. The summed E-state index contributed by atoms with van der Waals surface area (Å²) >= 11 is 22.7. The number of rotatable bonds is 2. The molecule has 0 amide bonds. The average molecular weight is 252 g/mol. The van der Waals surface area contributed by atoms with Crippen molar-refractivity contribution in [2.45, 2.75) is 10.2 Å². The van der Waals surface area contributed by atoms with Crippen LogP contribution in [0.4, 0.5) is 0 Å². The first-order chi connectivity index (χ1) is 5.53. The van der Waals surface area contributed by atoms with Crippen LogP contribution in [0.2, 0.25) is 0 Å². The number of alkyl halides is 4. The Morgan fingerprint density at radius 1 is 1.17 bits per heavy atom. The van der Waals surface area contributed by atoms with Crippen molar-refractivity contribution >= 4 is 46.4 Å². The van der Waals surface area contributed by atoms with Crippen LogP contribution in [0.25, 0.3) is 0 Å². The van der Waals surface area contributed by atoms with Gasteiger partial charge in [-0.2, -0.15) is 0 Å². The Morgan fingerprint density at radius 3 is 2.25 bits per heavy atom. The van der Waals surface area contributed by atoms with E-state index in [4.69, 9.17) is 51.1 Å². The Labute approximate surface area is 92.2 Å². The van der Waals surface area contributed by atoms with Crippen LogP contribution >= 0.6 is 46.4 Å². The quantitative estimate of drug-likeness (QED) is 0.685. The average Bonchev–Trinajstić information content (AvgIpc) is 2.31. The zero-order chi connectivity index (χ0) is 9.19. The second-order valence-corrected chi connectivity index (χ2v) is 5.86. The Hall–Kier alpha value is 1.12. The minimum Gasteiger partial charge on any atom is -0.381 e. The van der Waals surface area contributed by atoms with Crippen molar-refractivity contribution in [2.24, 2.45) is 11.8 Å². The van der Waals surface area contributed by atoms with Crippen LogP contribution < -0.4 is 0 Å². The highest BCUT2D eigenvalue weighted by atomic mass is 35.6. The van der Waals surface area contributed by atoms with Crippen molar-refractivity contribution in [3.8, 4) is 0 Å². The van der Waals surface area contributed by atoms with Crippen molar-refractivity contribution in [1.82, 2.24) is 0 Å². The van der Waals surface area contributed by atoms with Gasteiger partial charge in [0.1, 0.15) is 0 Å². The molecule has 1 nitrogen and oxygen atoms in total. The maximum atomic E-state index is 5.72. The van der Waals surface area contributed by atoms with Gasteiger partial charge in [0.2, 0.25) is 0 Å². The minimum atomic E-state index is -1.18. The molecule has 12 heavy (non-hydrogen) atoms. The molecule has 0 spiro atoms. The highest BCUT2D eigenvalue weighted by Crippen LogP contribution is 2.38. The molecule has 0 radical (unpaired) electrons. The second kappa shape index (κ2) is 4.56. The fourth-order valence-electron chi connectivity index (χ4n) is 1.34. The third kappa shape index (κ3) is 3.47. The SMILES string of the molecule is ClC[C@H]1COC[C@@H]1CC(Cl)(Cl)Cl. The monoisotopic (exact) mass is 250 g/mol. The molecule has 1 heterocycles. The zero-order valence-corrected chi connectivity index (χ0v) is 9.43. The van der Waals surface area contributed by atoms with E-state index >= 15 is 0 Å². The van der Waals surface area contributed by atoms with Gasteiger partial charge in [0.05, 0.1) is 6.61 Å². The Kier molecular flexibility index (Phi) is 4.26. The van der Waals surface area contributed by atoms with Crippen molar-refractivity contribution in [3.05, 3.63) is 0 Å². The van der Waals surface area contributed by atoms with Gasteiger partial charge in [0.25, 0.3) is 0 Å². The van der Waals surface area contributed by atoms with Gasteiger partial charge in [-0.1, -0.05) is 34.8 Å². The van der Waals surface area contributed by atoms with Crippen molar-refractivity contribution in [3.63, 3.8) is 0 Å². The molecule has 1 rings (SSSR count). The zero-order valence-electron chi connectivity index (χ0n) is 6.40. The summed E-state index contributed by atoms with van der Waals surface area (Å²) in [6.07, 6.45) is 0.523. The minimum absolute atomic E-state index is 0.287. The predicted molar refractivity (Wildman–Crippen MR) is 53.4 cm³/mol. The van der Waals surface area contributed by atoms with Gasteiger partial charge in [-0.3, -0.25) is 0 Å². The van der Waals surface area contributed by atoms with E-state index in [9.17, 15) is 0 Å². The molecule has 0 N–H and O–H groups in total. The number of ether oxygens (including phenoxy) is 1. The number of halogens is 4. The number of hydrogen-bond acceptors (Lipinski definition) is 1. The lowest BCUT2D eigenvalue weighted by Crippen LogP contribution is -2.20. The van der Waals surface area contributed by atoms with Gasteiger partial charge >= 0.3 is 0 Å². The van der Waals surface area contributed by atoms with Gasteiger partial charge in [-0.05, 0) is 12.3 Å². The predicted octanol–water partition coefficient (Wildman–Crippen LogP) is 3.25. The Bertz CT molecular complexity index is 145. The van der Waals surface area contributed by atoms with Crippen molar-refractivity contribution < 1.29 is 4.74 Å². The maximum absolute atomic E-state index is 5.72. The summed E-state index contributed by atoms with van der Waals surface area (Å²) in [5.41, 5.74) is 0. The highest BCUT2D eigenvalue weighted by Gasteiger charge is 2.34. The molecule has 1 aliphatic rings. The van der Waals surface area contributed by atoms with Crippen LogP contribution in [0.3, 0.4) is 0 Å². The first-order valence-corrected chi connectivity index (χ1v) is 5.40. The van der Waals surface area contributed by atoms with Crippen LogP contribution in [-0.2, 0) is 4.74 Å². The van der Waals surface area contributed by atoms with E-state index in [-0.39, 0.29) is 5.92 Å². The Morgan fingerprint density at radius 2 is 1.75 bits per heavy atom. The third-order valence-electron chi connectivity index (χ3n) is 2.02. The number of hydrogen-bond donors (Lipinski definition) is 0. The standard InChI is InChI=1S/C7H10Cl4O/c8-2-6-4-12-3-5(6)1-7(9,10)11/h5-6H,1-4H2/t5-,6-/m0/s1. The molecule has 0 saturated carbocycles. The third-order valence-corrected chi connectivity index (χ3v) is 2.88. The maximum Gasteiger partial charge on any atom is 0.191 e. The van der Waals surface area contributed by atoms with E-state index < -0.39 is 3.79 Å². The Balaban J connectivity index is 2.41. The largest absolute Gasteiger partial charge is 0.381 e.